The number of benzene rings is 1. The molecule has 1 atom stereocenters. The van der Waals surface area contributed by atoms with Crippen molar-refractivity contribution in [3.63, 3.8) is 0 Å². The molecule has 0 aliphatic carbocycles. The molecule has 1 unspecified atom stereocenters. The minimum Gasteiger partial charge on any atom is -0.484 e. The van der Waals surface area contributed by atoms with Crippen molar-refractivity contribution in [3.05, 3.63) is 40.5 Å². The summed E-state index contributed by atoms with van der Waals surface area (Å²) in [7, 11) is 0. The Balaban J connectivity index is 2.14. The van der Waals surface area contributed by atoms with Crippen molar-refractivity contribution in [3.8, 4) is 5.75 Å². The fourth-order valence-electron chi connectivity index (χ4n) is 1.62. The van der Waals surface area contributed by atoms with Crippen molar-refractivity contribution in [2.24, 2.45) is 5.73 Å². The number of rotatable bonds is 5. The van der Waals surface area contributed by atoms with E-state index < -0.39 is 0 Å². The second-order valence-corrected chi connectivity index (χ2v) is 4.90. The lowest BCUT2D eigenvalue weighted by Crippen LogP contribution is -2.18. The van der Waals surface area contributed by atoms with E-state index in [0.29, 0.717) is 5.82 Å². The lowest BCUT2D eigenvalue weighted by Gasteiger charge is -2.13. The second-order valence-electron chi connectivity index (χ2n) is 4.05. The molecule has 0 fully saturated rings. The van der Waals surface area contributed by atoms with Gasteiger partial charge in [-0.15, -0.1) is 0 Å². The summed E-state index contributed by atoms with van der Waals surface area (Å²) in [6, 6.07) is 5.96. The monoisotopic (exact) mass is 311 g/mol. The summed E-state index contributed by atoms with van der Waals surface area (Å²) < 4.78 is 11.3. The summed E-state index contributed by atoms with van der Waals surface area (Å²) in [5.74, 6) is 1.29. The van der Waals surface area contributed by atoms with Crippen LogP contribution in [0, 0.1) is 0 Å². The Kier molecular flexibility index (Phi) is 4.33. The molecule has 0 amide bonds. The van der Waals surface area contributed by atoms with Crippen molar-refractivity contribution < 1.29 is 9.26 Å². The van der Waals surface area contributed by atoms with Gasteiger partial charge in [-0.2, -0.15) is 4.98 Å². The molecule has 0 aliphatic rings. The zero-order valence-corrected chi connectivity index (χ0v) is 11.6. The molecule has 5 nitrogen and oxygen atoms in total. The summed E-state index contributed by atoms with van der Waals surface area (Å²) in [5.41, 5.74) is 6.88. The molecule has 0 aliphatic heterocycles. The number of ether oxygens (including phenoxy) is 1. The van der Waals surface area contributed by atoms with Crippen LogP contribution in [0.25, 0.3) is 0 Å². The number of halogens is 1. The van der Waals surface area contributed by atoms with E-state index in [-0.39, 0.29) is 12.6 Å². The Morgan fingerprint density at radius 2 is 2.33 bits per heavy atom. The first-order valence-corrected chi connectivity index (χ1v) is 6.37. The molecule has 96 valence electrons. The molecular weight excluding hydrogens is 298 g/mol. The zero-order valence-electron chi connectivity index (χ0n) is 9.97. The summed E-state index contributed by atoms with van der Waals surface area (Å²) in [6.07, 6.45) is 2.03. The number of hydrogen-bond donors (Lipinski definition) is 1. The summed E-state index contributed by atoms with van der Waals surface area (Å²) >= 11 is 3.47. The summed E-state index contributed by atoms with van der Waals surface area (Å²) in [4.78, 5) is 3.91. The van der Waals surface area contributed by atoms with Crippen LogP contribution in [0.3, 0.4) is 0 Å². The van der Waals surface area contributed by atoms with Crippen LogP contribution in [0.5, 0.6) is 5.75 Å². The Labute approximate surface area is 113 Å². The lowest BCUT2D eigenvalue weighted by molar-refractivity contribution is 0.281. The third-order valence-corrected chi connectivity index (χ3v) is 2.97. The minimum absolute atomic E-state index is 0.0758. The van der Waals surface area contributed by atoms with E-state index in [4.69, 9.17) is 10.5 Å². The molecule has 1 heterocycles. The normalized spacial score (nSPS) is 12.4. The van der Waals surface area contributed by atoms with Crippen molar-refractivity contribution in [2.75, 3.05) is 0 Å². The molecule has 18 heavy (non-hydrogen) atoms. The molecule has 1 aromatic heterocycles. The molecule has 6 heteroatoms. The van der Waals surface area contributed by atoms with Gasteiger partial charge in [0.25, 0.3) is 0 Å². The van der Waals surface area contributed by atoms with Crippen molar-refractivity contribution in [2.45, 2.75) is 26.0 Å². The first-order valence-electron chi connectivity index (χ1n) is 5.58. The van der Waals surface area contributed by atoms with Crippen LogP contribution in [0.4, 0.5) is 0 Å². The number of nitrogens with two attached hydrogens (primary N) is 1. The van der Waals surface area contributed by atoms with Gasteiger partial charge in [-0.3, -0.25) is 0 Å². The SMILES string of the molecule is CC(N)Cc1cccc(Br)c1OCc1ncon1. The van der Waals surface area contributed by atoms with E-state index in [2.05, 4.69) is 30.6 Å². The highest BCUT2D eigenvalue weighted by Crippen LogP contribution is 2.30. The largest absolute Gasteiger partial charge is 0.484 e. The standard InChI is InChI=1S/C12H14BrN3O2/c1-8(14)5-9-3-2-4-10(13)12(9)17-6-11-15-7-18-16-11/h2-4,7-8H,5-6,14H2,1H3. The quantitative estimate of drug-likeness (QED) is 0.917. The molecule has 0 saturated heterocycles. The second kappa shape index (κ2) is 5.97. The Bertz CT molecular complexity index is 500. The topological polar surface area (TPSA) is 74.2 Å². The van der Waals surface area contributed by atoms with Gasteiger partial charge in [0, 0.05) is 6.04 Å². The van der Waals surface area contributed by atoms with E-state index in [9.17, 15) is 0 Å². The number of hydrogen-bond acceptors (Lipinski definition) is 5. The van der Waals surface area contributed by atoms with Gasteiger partial charge in [-0.05, 0) is 40.9 Å². The molecule has 2 aromatic rings. The highest BCUT2D eigenvalue weighted by Gasteiger charge is 2.11. The molecule has 0 spiro atoms. The van der Waals surface area contributed by atoms with Gasteiger partial charge in [0.05, 0.1) is 4.47 Å². The van der Waals surface area contributed by atoms with Crippen molar-refractivity contribution >= 4 is 15.9 Å². The van der Waals surface area contributed by atoms with E-state index in [1.807, 2.05) is 25.1 Å². The lowest BCUT2D eigenvalue weighted by atomic mass is 10.1. The van der Waals surface area contributed by atoms with Crippen LogP contribution in [-0.4, -0.2) is 16.2 Å². The third-order valence-electron chi connectivity index (χ3n) is 2.34. The molecule has 2 N–H and O–H groups in total. The summed E-state index contributed by atoms with van der Waals surface area (Å²) in [6.45, 7) is 2.23. The van der Waals surface area contributed by atoms with Gasteiger partial charge in [-0.25, -0.2) is 0 Å². The average molecular weight is 312 g/mol. The van der Waals surface area contributed by atoms with Crippen molar-refractivity contribution in [1.29, 1.82) is 0 Å². The van der Waals surface area contributed by atoms with Gasteiger partial charge < -0.3 is 15.0 Å². The average Bonchev–Trinajstić information content (AvgIpc) is 2.80. The van der Waals surface area contributed by atoms with Gasteiger partial charge in [0.2, 0.25) is 12.2 Å². The fraction of sp³-hybridized carbons (Fsp3) is 0.333. The van der Waals surface area contributed by atoms with Crippen LogP contribution in [-0.2, 0) is 13.0 Å². The van der Waals surface area contributed by atoms with Crippen LogP contribution in [0.2, 0.25) is 0 Å². The molecule has 0 saturated carbocycles. The van der Waals surface area contributed by atoms with Gasteiger partial charge in [-0.1, -0.05) is 17.3 Å². The third kappa shape index (κ3) is 3.30. The van der Waals surface area contributed by atoms with E-state index >= 15 is 0 Å². The maximum absolute atomic E-state index is 5.82. The van der Waals surface area contributed by atoms with Crippen LogP contribution < -0.4 is 10.5 Å². The zero-order chi connectivity index (χ0) is 13.0. The highest BCUT2D eigenvalue weighted by molar-refractivity contribution is 9.10. The molecule has 0 bridgehead atoms. The molecule has 0 radical (unpaired) electrons. The summed E-state index contributed by atoms with van der Waals surface area (Å²) in [5, 5.41) is 3.70. The molecule has 1 aromatic carbocycles. The van der Waals surface area contributed by atoms with Crippen LogP contribution in [0.1, 0.15) is 18.3 Å². The van der Waals surface area contributed by atoms with E-state index in [1.165, 1.54) is 6.39 Å². The smallest absolute Gasteiger partial charge is 0.213 e. The van der Waals surface area contributed by atoms with Crippen LogP contribution >= 0.6 is 15.9 Å². The first-order chi connectivity index (χ1) is 8.66. The first kappa shape index (κ1) is 13.0. The van der Waals surface area contributed by atoms with E-state index in [0.717, 1.165) is 22.2 Å². The predicted molar refractivity (Wildman–Crippen MR) is 70.1 cm³/mol. The van der Waals surface area contributed by atoms with E-state index in [1.54, 1.807) is 0 Å². The number of para-hydroxylation sites is 1. The molecular formula is C12H14BrN3O2. The number of nitrogens with zero attached hydrogens (tertiary/aromatic N) is 2. The minimum atomic E-state index is 0.0758. The fourth-order valence-corrected chi connectivity index (χ4v) is 2.14. The highest BCUT2D eigenvalue weighted by atomic mass is 79.9. The maximum atomic E-state index is 5.82. The van der Waals surface area contributed by atoms with Crippen molar-refractivity contribution in [1.82, 2.24) is 10.1 Å². The predicted octanol–water partition coefficient (Wildman–Crippen LogP) is 2.30. The van der Waals surface area contributed by atoms with Crippen LogP contribution in [0.15, 0.2) is 33.6 Å². The van der Waals surface area contributed by atoms with Gasteiger partial charge in [0.15, 0.2) is 6.61 Å². The van der Waals surface area contributed by atoms with Gasteiger partial charge in [0.1, 0.15) is 5.75 Å². The Hall–Kier alpha value is -1.40. The Morgan fingerprint density at radius 1 is 1.50 bits per heavy atom. The Morgan fingerprint density at radius 3 is 3.00 bits per heavy atom. The van der Waals surface area contributed by atoms with Gasteiger partial charge >= 0.3 is 0 Å². The maximum Gasteiger partial charge on any atom is 0.213 e. The number of aromatic nitrogens is 2. The molecule has 2 rings (SSSR count).